The lowest BCUT2D eigenvalue weighted by molar-refractivity contribution is 0.341. The number of hydrogen-bond acceptors (Lipinski definition) is 1. The molecule has 2 atom stereocenters. The molecule has 1 nitrogen and oxygen atoms in total. The van der Waals surface area contributed by atoms with E-state index in [1.54, 1.807) is 6.07 Å². The second kappa shape index (κ2) is 6.93. The lowest BCUT2D eigenvalue weighted by Crippen LogP contribution is -2.19. The molecule has 1 N–H and O–H groups in total. The minimum Gasteiger partial charge on any atom is -0.382 e. The van der Waals surface area contributed by atoms with Crippen LogP contribution in [0.2, 0.25) is 0 Å². The summed E-state index contributed by atoms with van der Waals surface area (Å²) >= 11 is 3.27. The molecule has 0 spiro atoms. The Bertz CT molecular complexity index is 459. The van der Waals surface area contributed by atoms with Crippen LogP contribution in [0.3, 0.4) is 0 Å². The van der Waals surface area contributed by atoms with Gasteiger partial charge >= 0.3 is 0 Å². The Kier molecular flexibility index (Phi) is 5.48. The van der Waals surface area contributed by atoms with Crippen molar-refractivity contribution >= 4 is 21.6 Å². The van der Waals surface area contributed by atoms with Crippen LogP contribution in [0.15, 0.2) is 16.6 Å². The molecule has 1 saturated carbocycles. The maximum Gasteiger partial charge on any atom is 0.137 e. The van der Waals surface area contributed by atoms with E-state index < -0.39 is 0 Å². The molecule has 112 valence electrons. The second-order valence-corrected chi connectivity index (χ2v) is 7.29. The zero-order chi connectivity index (χ0) is 14.7. The number of nitrogens with one attached hydrogen (secondary N) is 1. The molecule has 2 rings (SSSR count). The number of benzene rings is 1. The van der Waals surface area contributed by atoms with E-state index in [2.05, 4.69) is 35.1 Å². The van der Waals surface area contributed by atoms with Crippen LogP contribution >= 0.6 is 15.9 Å². The summed E-state index contributed by atoms with van der Waals surface area (Å²) in [6.45, 7) is 6.63. The van der Waals surface area contributed by atoms with Crippen molar-refractivity contribution in [3.8, 4) is 0 Å². The molecule has 1 aromatic rings. The lowest BCUT2D eigenvalue weighted by Gasteiger charge is -2.21. The monoisotopic (exact) mass is 341 g/mol. The minimum absolute atomic E-state index is 0.186. The van der Waals surface area contributed by atoms with Gasteiger partial charge in [0.1, 0.15) is 5.82 Å². The first-order chi connectivity index (χ1) is 9.47. The number of aryl methyl sites for hydroxylation is 1. The molecule has 3 heteroatoms. The van der Waals surface area contributed by atoms with Crippen LogP contribution in [0.5, 0.6) is 0 Å². The molecule has 0 aliphatic heterocycles. The summed E-state index contributed by atoms with van der Waals surface area (Å²) < 4.78 is 14.0. The summed E-state index contributed by atoms with van der Waals surface area (Å²) in [4.78, 5) is 0. The van der Waals surface area contributed by atoms with Gasteiger partial charge in [0, 0.05) is 11.7 Å². The first-order valence-electron chi connectivity index (χ1n) is 7.69. The summed E-state index contributed by atoms with van der Waals surface area (Å²) in [5.74, 6) is 1.46. The molecule has 20 heavy (non-hydrogen) atoms. The molecular formula is C17H25BrFN. The predicted molar refractivity (Wildman–Crippen MR) is 87.7 cm³/mol. The van der Waals surface area contributed by atoms with Crippen molar-refractivity contribution in [2.45, 2.75) is 58.9 Å². The molecule has 1 fully saturated rings. The molecule has 0 heterocycles. The summed E-state index contributed by atoms with van der Waals surface area (Å²) in [7, 11) is 0. The first-order valence-corrected chi connectivity index (χ1v) is 8.49. The van der Waals surface area contributed by atoms with Gasteiger partial charge in [-0.1, -0.05) is 26.7 Å². The molecule has 0 amide bonds. The van der Waals surface area contributed by atoms with E-state index in [-0.39, 0.29) is 5.82 Å². The normalized spacial score (nSPS) is 23.7. The topological polar surface area (TPSA) is 12.0 Å². The van der Waals surface area contributed by atoms with E-state index >= 15 is 0 Å². The van der Waals surface area contributed by atoms with Gasteiger partial charge in [0.25, 0.3) is 0 Å². The van der Waals surface area contributed by atoms with Crippen molar-refractivity contribution in [3.05, 3.63) is 28.0 Å². The van der Waals surface area contributed by atoms with Gasteiger partial charge in [0.15, 0.2) is 0 Å². The van der Waals surface area contributed by atoms with Crippen molar-refractivity contribution in [2.24, 2.45) is 11.8 Å². The highest BCUT2D eigenvalue weighted by Gasteiger charge is 2.21. The fourth-order valence-electron chi connectivity index (χ4n) is 3.16. The van der Waals surface area contributed by atoms with Crippen LogP contribution in [0.4, 0.5) is 10.1 Å². The van der Waals surface area contributed by atoms with Crippen LogP contribution in [-0.4, -0.2) is 6.04 Å². The maximum atomic E-state index is 13.5. The highest BCUT2D eigenvalue weighted by molar-refractivity contribution is 9.10. The zero-order valence-electron chi connectivity index (χ0n) is 12.7. The summed E-state index contributed by atoms with van der Waals surface area (Å²) in [6, 6.07) is 3.99. The standard InChI is InChI=1S/C17H25BrFN/c1-11(2)13-5-4-6-14(8-7-13)20-17-10-15(18)16(19)9-12(17)3/h9-11,13-14,20H,4-8H2,1-3H3. The van der Waals surface area contributed by atoms with Gasteiger partial charge in [-0.25, -0.2) is 4.39 Å². The number of anilines is 1. The molecular weight excluding hydrogens is 317 g/mol. The molecule has 2 unspecified atom stereocenters. The van der Waals surface area contributed by atoms with Gasteiger partial charge in [0.05, 0.1) is 4.47 Å². The SMILES string of the molecule is Cc1cc(F)c(Br)cc1NC1CCCC(C(C)C)CC1. The Balaban J connectivity index is 2.02. The molecule has 1 aromatic carbocycles. The molecule has 0 aromatic heterocycles. The van der Waals surface area contributed by atoms with Crippen molar-refractivity contribution in [1.29, 1.82) is 0 Å². The Morgan fingerprint density at radius 1 is 1.20 bits per heavy atom. The number of halogens is 2. The van der Waals surface area contributed by atoms with E-state index in [0.29, 0.717) is 10.5 Å². The summed E-state index contributed by atoms with van der Waals surface area (Å²) in [5.41, 5.74) is 2.04. The van der Waals surface area contributed by atoms with Crippen LogP contribution in [0.25, 0.3) is 0 Å². The number of rotatable bonds is 3. The molecule has 0 bridgehead atoms. The van der Waals surface area contributed by atoms with Gasteiger partial charge in [-0.15, -0.1) is 0 Å². The Labute approximate surface area is 130 Å². The molecule has 0 saturated heterocycles. The Hall–Kier alpha value is -0.570. The average molecular weight is 342 g/mol. The first kappa shape index (κ1) is 15.8. The van der Waals surface area contributed by atoms with Crippen LogP contribution < -0.4 is 5.32 Å². The smallest absolute Gasteiger partial charge is 0.137 e. The lowest BCUT2D eigenvalue weighted by atomic mass is 9.89. The van der Waals surface area contributed by atoms with E-state index in [0.717, 1.165) is 23.1 Å². The Morgan fingerprint density at radius 2 is 1.95 bits per heavy atom. The van der Waals surface area contributed by atoms with Crippen LogP contribution in [0.1, 0.15) is 51.5 Å². The summed E-state index contributed by atoms with van der Waals surface area (Å²) in [6.07, 6.45) is 6.38. The third-order valence-corrected chi connectivity index (χ3v) is 5.19. The van der Waals surface area contributed by atoms with Crippen molar-refractivity contribution in [3.63, 3.8) is 0 Å². The zero-order valence-corrected chi connectivity index (χ0v) is 14.3. The van der Waals surface area contributed by atoms with E-state index in [1.165, 1.54) is 32.1 Å². The Morgan fingerprint density at radius 3 is 2.65 bits per heavy atom. The molecule has 1 aliphatic carbocycles. The van der Waals surface area contributed by atoms with Crippen molar-refractivity contribution in [1.82, 2.24) is 0 Å². The predicted octanol–water partition coefficient (Wildman–Crippen LogP) is 5.91. The fourth-order valence-corrected chi connectivity index (χ4v) is 3.51. The molecule has 1 aliphatic rings. The van der Waals surface area contributed by atoms with Crippen molar-refractivity contribution in [2.75, 3.05) is 5.32 Å². The minimum atomic E-state index is -0.186. The molecule has 0 radical (unpaired) electrons. The average Bonchev–Trinajstić information content (AvgIpc) is 2.61. The van der Waals surface area contributed by atoms with Crippen LogP contribution in [-0.2, 0) is 0 Å². The van der Waals surface area contributed by atoms with Gasteiger partial charge in [-0.3, -0.25) is 0 Å². The van der Waals surface area contributed by atoms with Gasteiger partial charge < -0.3 is 5.32 Å². The van der Waals surface area contributed by atoms with E-state index in [1.807, 2.05) is 13.0 Å². The van der Waals surface area contributed by atoms with Gasteiger partial charge in [-0.2, -0.15) is 0 Å². The highest BCUT2D eigenvalue weighted by atomic mass is 79.9. The van der Waals surface area contributed by atoms with Gasteiger partial charge in [0.2, 0.25) is 0 Å². The third kappa shape index (κ3) is 3.97. The number of hydrogen-bond donors (Lipinski definition) is 1. The highest BCUT2D eigenvalue weighted by Crippen LogP contribution is 2.31. The third-order valence-electron chi connectivity index (χ3n) is 4.58. The quantitative estimate of drug-likeness (QED) is 0.673. The van der Waals surface area contributed by atoms with E-state index in [4.69, 9.17) is 0 Å². The van der Waals surface area contributed by atoms with Crippen LogP contribution in [0, 0.1) is 24.6 Å². The maximum absolute atomic E-state index is 13.5. The van der Waals surface area contributed by atoms with Crippen molar-refractivity contribution < 1.29 is 4.39 Å². The van der Waals surface area contributed by atoms with E-state index in [9.17, 15) is 4.39 Å². The second-order valence-electron chi connectivity index (χ2n) is 6.43. The summed E-state index contributed by atoms with van der Waals surface area (Å²) in [5, 5.41) is 3.62. The largest absolute Gasteiger partial charge is 0.382 e. The fraction of sp³-hybridized carbons (Fsp3) is 0.647. The van der Waals surface area contributed by atoms with Gasteiger partial charge in [-0.05, 0) is 71.6 Å².